The Kier molecular flexibility index (Phi) is 6.59. The van der Waals surface area contributed by atoms with Crippen LogP contribution in [0.2, 0.25) is 5.02 Å². The van der Waals surface area contributed by atoms with Crippen LogP contribution in [-0.2, 0) is 18.3 Å². The fourth-order valence-electron chi connectivity index (χ4n) is 3.62. The van der Waals surface area contributed by atoms with Gasteiger partial charge in [0.1, 0.15) is 22.9 Å². The molecule has 0 bridgehead atoms. The lowest BCUT2D eigenvalue weighted by molar-refractivity contribution is -0.137. The van der Waals surface area contributed by atoms with E-state index in [2.05, 4.69) is 15.0 Å². The number of ether oxygens (including phenoxy) is 1. The lowest BCUT2D eigenvalue weighted by Gasteiger charge is -2.18. The van der Waals surface area contributed by atoms with Crippen LogP contribution < -0.4 is 10.3 Å². The number of benzene rings is 1. The Morgan fingerprint density at radius 3 is 2.53 bits per heavy atom. The van der Waals surface area contributed by atoms with Crippen LogP contribution in [0.4, 0.5) is 13.2 Å². The third-order valence-electron chi connectivity index (χ3n) is 5.55. The minimum atomic E-state index is -4.68. The SMILES string of the molecule is [2H]C([2H])(Oc1cc(C)n(-c2cc(-c3ccnc(C(C)(C)O)n3)ncc2C)c(=O)c1Cl)c1cccc(C(F)(F)F)c1. The van der Waals surface area contributed by atoms with Crippen molar-refractivity contribution in [3.8, 4) is 22.8 Å². The average molecular weight is 547 g/mol. The quantitative estimate of drug-likeness (QED) is 0.329. The number of rotatable bonds is 6. The highest BCUT2D eigenvalue weighted by atomic mass is 35.5. The van der Waals surface area contributed by atoms with Crippen LogP contribution in [0.3, 0.4) is 0 Å². The normalized spacial score (nSPS) is 13.2. The highest BCUT2D eigenvalue weighted by Gasteiger charge is 2.30. The molecule has 0 atom stereocenters. The first kappa shape index (κ1) is 24.6. The summed E-state index contributed by atoms with van der Waals surface area (Å²) in [4.78, 5) is 26.3. The summed E-state index contributed by atoms with van der Waals surface area (Å²) in [6, 6.07) is 8.21. The molecule has 3 aromatic heterocycles. The van der Waals surface area contributed by atoms with Gasteiger partial charge in [0.25, 0.3) is 5.56 Å². The number of alkyl halides is 3. The number of pyridine rings is 2. The van der Waals surface area contributed by atoms with Crippen LogP contribution >= 0.6 is 11.6 Å². The second-order valence-corrected chi connectivity index (χ2v) is 9.45. The summed E-state index contributed by atoms with van der Waals surface area (Å²) < 4.78 is 62.6. The summed E-state index contributed by atoms with van der Waals surface area (Å²) in [6.45, 7) is 3.65. The molecule has 198 valence electrons. The Bertz CT molecular complexity index is 1650. The van der Waals surface area contributed by atoms with Crippen LogP contribution in [0.1, 0.15) is 44.8 Å². The molecule has 0 unspecified atom stereocenters. The Labute approximate surface area is 224 Å². The molecular weight excluding hydrogens is 521 g/mol. The summed E-state index contributed by atoms with van der Waals surface area (Å²) in [5, 5.41) is 9.81. The number of hydrogen-bond donors (Lipinski definition) is 1. The number of aliphatic hydroxyl groups is 1. The maximum Gasteiger partial charge on any atom is 0.416 e. The fraction of sp³-hybridized carbons (Fsp3) is 0.259. The Morgan fingerprint density at radius 2 is 1.84 bits per heavy atom. The minimum Gasteiger partial charge on any atom is -0.487 e. The van der Waals surface area contributed by atoms with Crippen molar-refractivity contribution in [2.45, 2.75) is 46.0 Å². The molecule has 4 aromatic rings. The summed E-state index contributed by atoms with van der Waals surface area (Å²) in [7, 11) is 0. The molecule has 11 heteroatoms. The van der Waals surface area contributed by atoms with Gasteiger partial charge in [-0.25, -0.2) is 9.97 Å². The lowest BCUT2D eigenvalue weighted by Crippen LogP contribution is -2.23. The van der Waals surface area contributed by atoms with Crippen LogP contribution in [0, 0.1) is 13.8 Å². The fourth-order valence-corrected chi connectivity index (χ4v) is 3.80. The van der Waals surface area contributed by atoms with Gasteiger partial charge in [-0.05, 0) is 63.1 Å². The number of aryl methyl sites for hydroxylation is 2. The number of aromatic nitrogens is 4. The topological polar surface area (TPSA) is 90.1 Å². The predicted octanol–water partition coefficient (Wildman–Crippen LogP) is 5.78. The third-order valence-corrected chi connectivity index (χ3v) is 5.90. The first-order valence-electron chi connectivity index (χ1n) is 12.3. The Morgan fingerprint density at radius 1 is 1.11 bits per heavy atom. The standard InChI is InChI=1S/C27H24ClF3N4O3/c1-15-13-33-20(19-8-9-32-25(34-19)26(3,4)37)12-21(15)35-16(2)10-22(23(28)24(35)36)38-14-17-6-5-7-18(11-17)27(29,30)31/h5-13,37H,14H2,1-4H3/i14D2. The molecule has 0 aliphatic heterocycles. The van der Waals surface area contributed by atoms with Crippen molar-refractivity contribution in [1.29, 1.82) is 0 Å². The average Bonchev–Trinajstić information content (AvgIpc) is 2.87. The van der Waals surface area contributed by atoms with Crippen molar-refractivity contribution in [2.24, 2.45) is 0 Å². The summed E-state index contributed by atoms with van der Waals surface area (Å²) in [5.74, 6) is -0.151. The molecule has 3 heterocycles. The Balaban J connectivity index is 1.75. The smallest absolute Gasteiger partial charge is 0.416 e. The van der Waals surface area contributed by atoms with Gasteiger partial charge in [0.2, 0.25) is 0 Å². The zero-order valence-electron chi connectivity index (χ0n) is 22.8. The molecule has 0 radical (unpaired) electrons. The van der Waals surface area contributed by atoms with Gasteiger partial charge in [0, 0.05) is 24.2 Å². The molecule has 7 nitrogen and oxygen atoms in total. The largest absolute Gasteiger partial charge is 0.487 e. The van der Waals surface area contributed by atoms with Gasteiger partial charge in [-0.15, -0.1) is 0 Å². The van der Waals surface area contributed by atoms with Gasteiger partial charge < -0.3 is 9.84 Å². The van der Waals surface area contributed by atoms with Gasteiger partial charge in [0.05, 0.1) is 25.4 Å². The molecule has 0 amide bonds. The molecule has 1 N–H and O–H groups in total. The van der Waals surface area contributed by atoms with Gasteiger partial charge in [-0.1, -0.05) is 23.7 Å². The van der Waals surface area contributed by atoms with E-state index in [0.717, 1.165) is 18.2 Å². The van der Waals surface area contributed by atoms with Crippen molar-refractivity contribution >= 4 is 11.6 Å². The maximum atomic E-state index is 13.4. The van der Waals surface area contributed by atoms with E-state index < -0.39 is 40.0 Å². The first-order valence-corrected chi connectivity index (χ1v) is 11.7. The van der Waals surface area contributed by atoms with Crippen molar-refractivity contribution in [3.63, 3.8) is 0 Å². The van der Waals surface area contributed by atoms with E-state index >= 15 is 0 Å². The second-order valence-electron chi connectivity index (χ2n) is 9.07. The van der Waals surface area contributed by atoms with E-state index in [1.165, 1.54) is 23.0 Å². The van der Waals surface area contributed by atoms with Gasteiger partial charge in [0.15, 0.2) is 5.82 Å². The molecule has 0 aliphatic rings. The second kappa shape index (κ2) is 10.2. The molecule has 4 rings (SSSR count). The molecule has 0 fully saturated rings. The zero-order valence-corrected chi connectivity index (χ0v) is 21.5. The lowest BCUT2D eigenvalue weighted by atomic mass is 10.1. The summed E-state index contributed by atoms with van der Waals surface area (Å²) in [6.07, 6.45) is -1.66. The molecule has 0 aliphatic carbocycles. The van der Waals surface area contributed by atoms with Gasteiger partial charge in [-0.3, -0.25) is 14.3 Å². The third kappa shape index (κ3) is 5.71. The predicted molar refractivity (Wildman–Crippen MR) is 136 cm³/mol. The number of hydrogen-bond acceptors (Lipinski definition) is 6. The highest BCUT2D eigenvalue weighted by molar-refractivity contribution is 6.31. The van der Waals surface area contributed by atoms with Gasteiger partial charge >= 0.3 is 6.18 Å². The Hall–Kier alpha value is -3.76. The molecule has 38 heavy (non-hydrogen) atoms. The molecular formula is C27H24ClF3N4O3. The van der Waals surface area contributed by atoms with E-state index in [0.29, 0.717) is 34.4 Å². The zero-order chi connectivity index (χ0) is 29.6. The maximum absolute atomic E-state index is 13.4. The van der Waals surface area contributed by atoms with Crippen LogP contribution in [-0.4, -0.2) is 24.6 Å². The van der Waals surface area contributed by atoms with Crippen molar-refractivity contribution in [2.75, 3.05) is 0 Å². The first-order chi connectivity index (χ1) is 18.5. The molecule has 0 spiro atoms. The molecule has 0 saturated heterocycles. The van der Waals surface area contributed by atoms with Crippen LogP contribution in [0.15, 0.2) is 59.7 Å². The van der Waals surface area contributed by atoms with Crippen molar-refractivity contribution in [1.82, 2.24) is 19.5 Å². The van der Waals surface area contributed by atoms with E-state index in [4.69, 9.17) is 19.1 Å². The van der Waals surface area contributed by atoms with E-state index in [-0.39, 0.29) is 11.6 Å². The van der Waals surface area contributed by atoms with Crippen molar-refractivity contribution in [3.05, 3.63) is 98.4 Å². The summed E-state index contributed by atoms with van der Waals surface area (Å²) in [5.41, 5.74) is -1.36. The molecule has 1 aromatic carbocycles. The molecule has 0 saturated carbocycles. The summed E-state index contributed by atoms with van der Waals surface area (Å²) >= 11 is 6.33. The van der Waals surface area contributed by atoms with Gasteiger partial charge in [-0.2, -0.15) is 13.2 Å². The van der Waals surface area contributed by atoms with Crippen molar-refractivity contribution < 1.29 is 25.8 Å². The highest BCUT2D eigenvalue weighted by Crippen LogP contribution is 2.31. The minimum absolute atomic E-state index is 0.182. The number of nitrogens with zero attached hydrogens (tertiary/aromatic N) is 4. The van der Waals surface area contributed by atoms with E-state index in [9.17, 15) is 23.1 Å². The monoisotopic (exact) mass is 546 g/mol. The van der Waals surface area contributed by atoms with Crippen LogP contribution in [0.5, 0.6) is 5.75 Å². The number of halogens is 4. The van der Waals surface area contributed by atoms with E-state index in [1.807, 2.05) is 0 Å². The van der Waals surface area contributed by atoms with Crippen LogP contribution in [0.25, 0.3) is 17.1 Å². The van der Waals surface area contributed by atoms with E-state index in [1.54, 1.807) is 39.8 Å².